The standard InChI is InChI=1S/C7H12ClN3O/c1-12-10-6-2-3-11(5-6)7(9)4-8/h5,9-10H,2-4H2,1H3. The van der Waals surface area contributed by atoms with Crippen LogP contribution in [-0.2, 0) is 4.84 Å². The lowest BCUT2D eigenvalue weighted by atomic mass is 10.4. The van der Waals surface area contributed by atoms with E-state index in [2.05, 4.69) is 5.48 Å². The van der Waals surface area contributed by atoms with Gasteiger partial charge < -0.3 is 4.90 Å². The van der Waals surface area contributed by atoms with Gasteiger partial charge in [-0.05, 0) is 0 Å². The molecule has 1 aliphatic rings. The Balaban J connectivity index is 2.46. The van der Waals surface area contributed by atoms with Gasteiger partial charge in [0.25, 0.3) is 0 Å². The average Bonchev–Trinajstić information content (AvgIpc) is 2.52. The van der Waals surface area contributed by atoms with Crippen molar-refractivity contribution in [2.24, 2.45) is 0 Å². The Morgan fingerprint density at radius 2 is 2.67 bits per heavy atom. The maximum atomic E-state index is 7.44. The normalized spacial score (nSPS) is 16.2. The molecule has 0 atom stereocenters. The summed E-state index contributed by atoms with van der Waals surface area (Å²) in [6.07, 6.45) is 2.71. The summed E-state index contributed by atoms with van der Waals surface area (Å²) >= 11 is 5.51. The van der Waals surface area contributed by atoms with E-state index < -0.39 is 0 Å². The Labute approximate surface area is 76.6 Å². The molecular formula is C7H12ClN3O. The highest BCUT2D eigenvalue weighted by Gasteiger charge is 2.14. The minimum absolute atomic E-state index is 0.247. The predicted octanol–water partition coefficient (Wildman–Crippen LogP) is 0.901. The van der Waals surface area contributed by atoms with Crippen LogP contribution in [0.15, 0.2) is 11.9 Å². The van der Waals surface area contributed by atoms with Crippen LogP contribution in [0.4, 0.5) is 0 Å². The number of hydrogen-bond donors (Lipinski definition) is 2. The summed E-state index contributed by atoms with van der Waals surface area (Å²) in [4.78, 5) is 6.54. The molecule has 0 saturated carbocycles. The van der Waals surface area contributed by atoms with Gasteiger partial charge in [0.15, 0.2) is 0 Å². The van der Waals surface area contributed by atoms with E-state index >= 15 is 0 Å². The zero-order valence-corrected chi connectivity index (χ0v) is 7.69. The van der Waals surface area contributed by atoms with E-state index in [9.17, 15) is 0 Å². The third-order valence-corrected chi connectivity index (χ3v) is 1.89. The molecule has 1 rings (SSSR count). The molecule has 0 spiro atoms. The monoisotopic (exact) mass is 189 g/mol. The van der Waals surface area contributed by atoms with E-state index in [1.807, 2.05) is 6.20 Å². The number of hydrogen-bond acceptors (Lipinski definition) is 3. The molecule has 1 aliphatic heterocycles. The van der Waals surface area contributed by atoms with Gasteiger partial charge in [-0.1, -0.05) is 0 Å². The highest BCUT2D eigenvalue weighted by Crippen LogP contribution is 2.11. The molecule has 5 heteroatoms. The first-order valence-corrected chi connectivity index (χ1v) is 4.21. The van der Waals surface area contributed by atoms with Gasteiger partial charge in [-0.15, -0.1) is 11.6 Å². The molecule has 0 unspecified atom stereocenters. The van der Waals surface area contributed by atoms with Crippen molar-refractivity contribution in [3.05, 3.63) is 11.9 Å². The van der Waals surface area contributed by atoms with Gasteiger partial charge in [0.05, 0.1) is 18.7 Å². The lowest BCUT2D eigenvalue weighted by Crippen LogP contribution is -2.23. The quantitative estimate of drug-likeness (QED) is 0.300. The van der Waals surface area contributed by atoms with Gasteiger partial charge >= 0.3 is 0 Å². The second-order valence-electron chi connectivity index (χ2n) is 2.48. The van der Waals surface area contributed by atoms with Gasteiger partial charge in [-0.3, -0.25) is 15.7 Å². The number of nitrogens with one attached hydrogen (secondary N) is 2. The van der Waals surface area contributed by atoms with Crippen LogP contribution in [0, 0.1) is 5.41 Å². The number of amidine groups is 1. The van der Waals surface area contributed by atoms with Crippen molar-refractivity contribution in [2.75, 3.05) is 19.5 Å². The summed E-state index contributed by atoms with van der Waals surface area (Å²) in [6, 6.07) is 0. The number of halogens is 1. The minimum atomic E-state index is 0.247. The number of hydroxylamine groups is 1. The molecule has 0 aromatic carbocycles. The van der Waals surface area contributed by atoms with Crippen LogP contribution in [-0.4, -0.2) is 30.3 Å². The van der Waals surface area contributed by atoms with E-state index in [0.29, 0.717) is 5.84 Å². The van der Waals surface area contributed by atoms with Crippen LogP contribution in [0.2, 0.25) is 0 Å². The first kappa shape index (κ1) is 9.35. The van der Waals surface area contributed by atoms with Crippen molar-refractivity contribution >= 4 is 17.4 Å². The van der Waals surface area contributed by atoms with Gasteiger partial charge in [0.2, 0.25) is 0 Å². The maximum Gasteiger partial charge on any atom is 0.115 e. The second-order valence-corrected chi connectivity index (χ2v) is 2.75. The molecule has 0 aromatic rings. The van der Waals surface area contributed by atoms with Crippen LogP contribution < -0.4 is 5.48 Å². The fraction of sp³-hybridized carbons (Fsp3) is 0.571. The Morgan fingerprint density at radius 3 is 3.25 bits per heavy atom. The van der Waals surface area contributed by atoms with Crippen LogP contribution in [0.25, 0.3) is 0 Å². The fourth-order valence-electron chi connectivity index (χ4n) is 1.06. The molecule has 0 aliphatic carbocycles. The van der Waals surface area contributed by atoms with Gasteiger partial charge in [0.1, 0.15) is 5.84 Å². The Bertz CT molecular complexity index is 205. The molecule has 0 aromatic heterocycles. The Morgan fingerprint density at radius 1 is 1.92 bits per heavy atom. The minimum Gasteiger partial charge on any atom is -0.334 e. The van der Waals surface area contributed by atoms with Crippen molar-refractivity contribution in [1.82, 2.24) is 10.4 Å². The fourth-order valence-corrected chi connectivity index (χ4v) is 1.21. The molecule has 0 fully saturated rings. The summed E-state index contributed by atoms with van der Waals surface area (Å²) in [5, 5.41) is 7.44. The number of rotatable bonds is 3. The second kappa shape index (κ2) is 4.33. The van der Waals surface area contributed by atoms with Crippen molar-refractivity contribution in [3.63, 3.8) is 0 Å². The molecular weight excluding hydrogens is 178 g/mol. The summed E-state index contributed by atoms with van der Waals surface area (Å²) in [5.74, 6) is 0.668. The van der Waals surface area contributed by atoms with Gasteiger partial charge in [-0.2, -0.15) is 0 Å². The SMILES string of the molecule is CONC1=CN(C(=N)CCl)CC1. The number of nitrogens with zero attached hydrogens (tertiary/aromatic N) is 1. The average molecular weight is 190 g/mol. The first-order chi connectivity index (χ1) is 5.77. The van der Waals surface area contributed by atoms with Crippen molar-refractivity contribution in [3.8, 4) is 0 Å². The zero-order valence-electron chi connectivity index (χ0n) is 6.93. The lowest BCUT2D eigenvalue weighted by molar-refractivity contribution is 0.116. The zero-order chi connectivity index (χ0) is 8.97. The van der Waals surface area contributed by atoms with Crippen molar-refractivity contribution < 1.29 is 4.84 Å². The highest BCUT2D eigenvalue weighted by atomic mass is 35.5. The van der Waals surface area contributed by atoms with Gasteiger partial charge in [0, 0.05) is 19.2 Å². The van der Waals surface area contributed by atoms with Crippen molar-refractivity contribution in [2.45, 2.75) is 6.42 Å². The van der Waals surface area contributed by atoms with E-state index in [0.717, 1.165) is 18.7 Å². The van der Waals surface area contributed by atoms with E-state index in [-0.39, 0.29) is 5.88 Å². The van der Waals surface area contributed by atoms with E-state index in [4.69, 9.17) is 21.8 Å². The van der Waals surface area contributed by atoms with Crippen LogP contribution >= 0.6 is 11.6 Å². The molecule has 1 heterocycles. The predicted molar refractivity (Wildman–Crippen MR) is 48.0 cm³/mol. The Kier molecular flexibility index (Phi) is 3.37. The molecule has 0 radical (unpaired) electrons. The highest BCUT2D eigenvalue weighted by molar-refractivity contribution is 6.27. The van der Waals surface area contributed by atoms with Gasteiger partial charge in [-0.25, -0.2) is 0 Å². The van der Waals surface area contributed by atoms with Crippen LogP contribution in [0.3, 0.4) is 0 Å². The number of alkyl halides is 1. The molecule has 68 valence electrons. The maximum absolute atomic E-state index is 7.44. The molecule has 0 amide bonds. The first-order valence-electron chi connectivity index (χ1n) is 3.67. The van der Waals surface area contributed by atoms with E-state index in [1.54, 1.807) is 12.0 Å². The Hall–Kier alpha value is -0.740. The largest absolute Gasteiger partial charge is 0.334 e. The molecule has 0 saturated heterocycles. The smallest absolute Gasteiger partial charge is 0.115 e. The van der Waals surface area contributed by atoms with Crippen molar-refractivity contribution in [1.29, 1.82) is 5.41 Å². The summed E-state index contributed by atoms with van der Waals surface area (Å²) in [5.41, 5.74) is 3.71. The van der Waals surface area contributed by atoms with E-state index in [1.165, 1.54) is 0 Å². The third-order valence-electron chi connectivity index (χ3n) is 1.64. The van der Waals surface area contributed by atoms with Crippen LogP contribution in [0.5, 0.6) is 0 Å². The summed E-state index contributed by atoms with van der Waals surface area (Å²) < 4.78 is 0. The summed E-state index contributed by atoms with van der Waals surface area (Å²) in [6.45, 7) is 0.803. The summed E-state index contributed by atoms with van der Waals surface area (Å²) in [7, 11) is 1.57. The molecule has 12 heavy (non-hydrogen) atoms. The molecule has 0 bridgehead atoms. The third kappa shape index (κ3) is 2.12. The topological polar surface area (TPSA) is 48.4 Å². The molecule has 4 nitrogen and oxygen atoms in total. The van der Waals surface area contributed by atoms with Crippen LogP contribution in [0.1, 0.15) is 6.42 Å². The lowest BCUT2D eigenvalue weighted by Gasteiger charge is -2.12. The molecule has 2 N–H and O–H groups in total.